The molecular formula is C19H19N5O3S. The zero-order valence-electron chi connectivity index (χ0n) is 14.9. The molecule has 8 nitrogen and oxygen atoms in total. The van der Waals surface area contributed by atoms with Crippen LogP contribution in [0.2, 0.25) is 0 Å². The van der Waals surface area contributed by atoms with Gasteiger partial charge in [0, 0.05) is 36.7 Å². The van der Waals surface area contributed by atoms with E-state index in [1.807, 2.05) is 6.07 Å². The van der Waals surface area contributed by atoms with Gasteiger partial charge in [-0.15, -0.1) is 0 Å². The first-order valence-corrected chi connectivity index (χ1v) is 10.4. The van der Waals surface area contributed by atoms with Gasteiger partial charge in [-0.2, -0.15) is 5.10 Å². The summed E-state index contributed by atoms with van der Waals surface area (Å²) in [5.41, 5.74) is 1.15. The molecule has 1 aromatic carbocycles. The third-order valence-electron chi connectivity index (χ3n) is 4.31. The third kappa shape index (κ3) is 4.26. The Morgan fingerprint density at radius 2 is 2.00 bits per heavy atom. The summed E-state index contributed by atoms with van der Waals surface area (Å²) in [5.74, 6) is 0.303. The first kappa shape index (κ1) is 18.3. The van der Waals surface area contributed by atoms with Crippen LogP contribution in [-0.4, -0.2) is 35.1 Å². The molecule has 0 spiro atoms. The quantitative estimate of drug-likeness (QED) is 0.630. The first-order valence-electron chi connectivity index (χ1n) is 8.87. The second kappa shape index (κ2) is 7.53. The normalized spacial score (nSPS) is 14.0. The van der Waals surface area contributed by atoms with Gasteiger partial charge in [0.25, 0.3) is 5.91 Å². The molecule has 144 valence electrons. The monoisotopic (exact) mass is 397 g/mol. The van der Waals surface area contributed by atoms with E-state index in [1.165, 1.54) is 12.1 Å². The second-order valence-electron chi connectivity index (χ2n) is 6.58. The highest BCUT2D eigenvalue weighted by molar-refractivity contribution is 7.89. The predicted molar refractivity (Wildman–Crippen MR) is 102 cm³/mol. The molecule has 3 aromatic rings. The average molecular weight is 397 g/mol. The molecule has 0 radical (unpaired) electrons. The molecule has 0 saturated heterocycles. The summed E-state index contributed by atoms with van der Waals surface area (Å²) >= 11 is 0. The van der Waals surface area contributed by atoms with E-state index < -0.39 is 10.0 Å². The Morgan fingerprint density at radius 3 is 2.75 bits per heavy atom. The Labute approximate surface area is 162 Å². The minimum absolute atomic E-state index is 0.0122. The van der Waals surface area contributed by atoms with Crippen molar-refractivity contribution in [1.29, 1.82) is 0 Å². The Bertz CT molecular complexity index is 1090. The molecule has 2 heterocycles. The molecular weight excluding hydrogens is 378 g/mol. The maximum atomic E-state index is 12.5. The van der Waals surface area contributed by atoms with Crippen molar-refractivity contribution in [3.63, 3.8) is 0 Å². The van der Waals surface area contributed by atoms with Crippen LogP contribution < -0.4 is 10.0 Å². The fourth-order valence-corrected chi connectivity index (χ4v) is 4.03. The van der Waals surface area contributed by atoms with E-state index in [4.69, 9.17) is 0 Å². The fourth-order valence-electron chi connectivity index (χ4n) is 2.68. The van der Waals surface area contributed by atoms with Crippen LogP contribution in [-0.2, 0) is 16.6 Å². The number of hydrogen-bond donors (Lipinski definition) is 2. The Kier molecular flexibility index (Phi) is 4.93. The Morgan fingerprint density at radius 1 is 1.14 bits per heavy atom. The van der Waals surface area contributed by atoms with Gasteiger partial charge >= 0.3 is 0 Å². The molecule has 1 aliphatic rings. The van der Waals surface area contributed by atoms with E-state index in [2.05, 4.69) is 20.1 Å². The Balaban J connectivity index is 1.44. The third-order valence-corrected chi connectivity index (χ3v) is 5.83. The van der Waals surface area contributed by atoms with Gasteiger partial charge in [-0.3, -0.25) is 4.79 Å². The molecule has 2 N–H and O–H groups in total. The summed E-state index contributed by atoms with van der Waals surface area (Å²) in [6, 6.07) is 11.5. The largest absolute Gasteiger partial charge is 0.348 e. The molecule has 4 rings (SSSR count). The van der Waals surface area contributed by atoms with Gasteiger partial charge in [0.1, 0.15) is 0 Å². The molecule has 2 aromatic heterocycles. The molecule has 1 fully saturated rings. The standard InChI is InChI=1S/C19H19N5O3S/c25-19(15-3-1-4-17(12-15)28(26,27)23-16-5-6-16)21-13-14-7-9-20-18(11-14)24-10-2-8-22-24/h1-4,7-12,16,23H,5-6,13H2,(H,21,25). The van der Waals surface area contributed by atoms with Crippen LogP contribution in [0.1, 0.15) is 28.8 Å². The lowest BCUT2D eigenvalue weighted by Crippen LogP contribution is -2.27. The highest BCUT2D eigenvalue weighted by Crippen LogP contribution is 2.22. The van der Waals surface area contributed by atoms with E-state index in [1.54, 1.807) is 47.5 Å². The fraction of sp³-hybridized carbons (Fsp3) is 0.211. The second-order valence-corrected chi connectivity index (χ2v) is 8.29. The number of carbonyl (C=O) groups is 1. The number of pyridine rings is 1. The van der Waals surface area contributed by atoms with Crippen molar-refractivity contribution in [2.45, 2.75) is 30.3 Å². The summed E-state index contributed by atoms with van der Waals surface area (Å²) in [6.45, 7) is 0.285. The van der Waals surface area contributed by atoms with E-state index in [-0.39, 0.29) is 23.4 Å². The number of carbonyl (C=O) groups excluding carboxylic acids is 1. The molecule has 0 aliphatic heterocycles. The van der Waals surface area contributed by atoms with Crippen LogP contribution in [0, 0.1) is 0 Å². The molecule has 9 heteroatoms. The van der Waals surface area contributed by atoms with Crippen molar-refractivity contribution in [2.24, 2.45) is 0 Å². The van der Waals surface area contributed by atoms with Crippen molar-refractivity contribution < 1.29 is 13.2 Å². The minimum Gasteiger partial charge on any atom is -0.348 e. The topological polar surface area (TPSA) is 106 Å². The summed E-state index contributed by atoms with van der Waals surface area (Å²) in [6.07, 6.45) is 6.80. The van der Waals surface area contributed by atoms with Gasteiger partial charge < -0.3 is 5.32 Å². The average Bonchev–Trinajstić information content (AvgIpc) is 3.33. The lowest BCUT2D eigenvalue weighted by atomic mass is 10.2. The molecule has 28 heavy (non-hydrogen) atoms. The van der Waals surface area contributed by atoms with Crippen LogP contribution in [0.15, 0.2) is 66.0 Å². The predicted octanol–water partition coefficient (Wildman–Crippen LogP) is 1.64. The van der Waals surface area contributed by atoms with E-state index in [9.17, 15) is 13.2 Å². The van der Waals surface area contributed by atoms with Gasteiger partial charge in [-0.25, -0.2) is 22.8 Å². The summed E-state index contributed by atoms with van der Waals surface area (Å²) in [5, 5.41) is 6.94. The molecule has 0 bridgehead atoms. The van der Waals surface area contributed by atoms with Crippen molar-refractivity contribution in [3.05, 3.63) is 72.2 Å². The van der Waals surface area contributed by atoms with E-state index in [0.29, 0.717) is 11.4 Å². The summed E-state index contributed by atoms with van der Waals surface area (Å²) in [7, 11) is -3.60. The lowest BCUT2D eigenvalue weighted by molar-refractivity contribution is 0.0950. The maximum Gasteiger partial charge on any atom is 0.251 e. The van der Waals surface area contributed by atoms with Crippen LogP contribution in [0.4, 0.5) is 0 Å². The SMILES string of the molecule is O=C(NCc1ccnc(-n2cccn2)c1)c1cccc(S(=O)(=O)NC2CC2)c1. The van der Waals surface area contributed by atoms with Gasteiger partial charge in [0.05, 0.1) is 4.90 Å². The van der Waals surface area contributed by atoms with Crippen molar-refractivity contribution >= 4 is 15.9 Å². The van der Waals surface area contributed by atoms with Gasteiger partial charge in [-0.1, -0.05) is 6.07 Å². The summed E-state index contributed by atoms with van der Waals surface area (Å²) < 4.78 is 28.9. The number of hydrogen-bond acceptors (Lipinski definition) is 5. The van der Waals surface area contributed by atoms with Crippen molar-refractivity contribution in [1.82, 2.24) is 24.8 Å². The van der Waals surface area contributed by atoms with Crippen molar-refractivity contribution in [2.75, 3.05) is 0 Å². The first-order chi connectivity index (χ1) is 13.5. The number of aromatic nitrogens is 3. The zero-order chi connectivity index (χ0) is 19.6. The van der Waals surface area contributed by atoms with Gasteiger partial charge in [0.2, 0.25) is 10.0 Å². The number of rotatable bonds is 7. The van der Waals surface area contributed by atoms with Crippen LogP contribution in [0.5, 0.6) is 0 Å². The number of amides is 1. The molecule has 1 amide bonds. The molecule has 0 unspecified atom stereocenters. The highest BCUT2D eigenvalue weighted by atomic mass is 32.2. The highest BCUT2D eigenvalue weighted by Gasteiger charge is 2.28. The molecule has 1 saturated carbocycles. The van der Waals surface area contributed by atoms with Crippen LogP contribution >= 0.6 is 0 Å². The smallest absolute Gasteiger partial charge is 0.251 e. The van der Waals surface area contributed by atoms with Gasteiger partial charge in [0.15, 0.2) is 5.82 Å². The molecule has 1 aliphatic carbocycles. The van der Waals surface area contributed by atoms with Crippen LogP contribution in [0.25, 0.3) is 5.82 Å². The number of nitrogens with zero attached hydrogens (tertiary/aromatic N) is 3. The van der Waals surface area contributed by atoms with E-state index >= 15 is 0 Å². The van der Waals surface area contributed by atoms with Gasteiger partial charge in [-0.05, 0) is 54.8 Å². The number of nitrogens with one attached hydrogen (secondary N) is 2. The minimum atomic E-state index is -3.60. The molecule has 0 atom stereocenters. The number of sulfonamides is 1. The zero-order valence-corrected chi connectivity index (χ0v) is 15.8. The van der Waals surface area contributed by atoms with Crippen molar-refractivity contribution in [3.8, 4) is 5.82 Å². The van der Waals surface area contributed by atoms with Crippen LogP contribution in [0.3, 0.4) is 0 Å². The maximum absolute atomic E-state index is 12.5. The Hall–Kier alpha value is -3.04. The summed E-state index contributed by atoms with van der Waals surface area (Å²) in [4.78, 5) is 16.8. The number of benzene rings is 1. The van der Waals surface area contributed by atoms with E-state index in [0.717, 1.165) is 18.4 Å². The lowest BCUT2D eigenvalue weighted by Gasteiger charge is -2.09.